The van der Waals surface area contributed by atoms with Crippen molar-refractivity contribution < 1.29 is 13.9 Å². The van der Waals surface area contributed by atoms with Crippen molar-refractivity contribution in [1.82, 2.24) is 4.57 Å². The first-order chi connectivity index (χ1) is 17.4. The normalized spacial score (nSPS) is 15.6. The summed E-state index contributed by atoms with van der Waals surface area (Å²) in [6.07, 6.45) is 1.67. The van der Waals surface area contributed by atoms with Crippen molar-refractivity contribution in [1.29, 1.82) is 0 Å². The van der Waals surface area contributed by atoms with E-state index in [2.05, 4.69) is 4.99 Å². The van der Waals surface area contributed by atoms with Gasteiger partial charge in [0.1, 0.15) is 17.6 Å². The Morgan fingerprint density at radius 2 is 1.97 bits per heavy atom. The predicted octanol–water partition coefficient (Wildman–Crippen LogP) is 5.37. The first-order valence-electron chi connectivity index (χ1n) is 11.2. The molecule has 0 amide bonds. The van der Waals surface area contributed by atoms with E-state index in [1.54, 1.807) is 56.3 Å². The summed E-state index contributed by atoms with van der Waals surface area (Å²) in [7, 11) is 0. The second-order valence-corrected chi connectivity index (χ2v) is 9.89. The summed E-state index contributed by atoms with van der Waals surface area (Å²) in [6, 6.07) is 17.3. The minimum atomic E-state index is -0.769. The number of esters is 1. The largest absolute Gasteiger partial charge is 0.463 e. The fourth-order valence-electron chi connectivity index (χ4n) is 4.14. The number of ether oxygens (including phenoxy) is 1. The fourth-order valence-corrected chi connectivity index (χ4v) is 5.60. The van der Waals surface area contributed by atoms with Crippen LogP contribution in [0.15, 0.2) is 86.1 Å². The van der Waals surface area contributed by atoms with Gasteiger partial charge in [0.2, 0.25) is 0 Å². The lowest BCUT2D eigenvalue weighted by molar-refractivity contribution is -0.139. The van der Waals surface area contributed by atoms with Gasteiger partial charge in [-0.1, -0.05) is 64.9 Å². The summed E-state index contributed by atoms with van der Waals surface area (Å²) in [5.41, 5.74) is 1.90. The molecule has 0 N–H and O–H groups in total. The highest BCUT2D eigenvalue weighted by molar-refractivity contribution is 7.07. The molecular formula is C27H20Cl2N2O4S. The Morgan fingerprint density at radius 3 is 2.72 bits per heavy atom. The number of nitrogens with zero attached hydrogens (tertiary/aromatic N) is 2. The van der Waals surface area contributed by atoms with Gasteiger partial charge < -0.3 is 9.15 Å². The Kier molecular flexibility index (Phi) is 6.71. The fraction of sp³-hybridized carbons (Fsp3) is 0.148. The van der Waals surface area contributed by atoms with Gasteiger partial charge in [0, 0.05) is 21.7 Å². The quantitative estimate of drug-likeness (QED) is 0.320. The number of halogens is 2. The Labute approximate surface area is 220 Å². The minimum absolute atomic E-state index is 0.197. The zero-order chi connectivity index (χ0) is 25.4. The predicted molar refractivity (Wildman–Crippen MR) is 141 cm³/mol. The molecule has 0 bridgehead atoms. The molecule has 3 heterocycles. The number of carbonyl (C=O) groups is 1. The van der Waals surface area contributed by atoms with Crippen LogP contribution >= 0.6 is 34.5 Å². The van der Waals surface area contributed by atoms with Crippen LogP contribution in [0, 0.1) is 0 Å². The molecule has 36 heavy (non-hydrogen) atoms. The molecule has 1 aliphatic rings. The van der Waals surface area contributed by atoms with Crippen LogP contribution in [0.25, 0.3) is 17.4 Å². The topological polar surface area (TPSA) is 73.8 Å². The zero-order valence-electron chi connectivity index (χ0n) is 19.3. The van der Waals surface area contributed by atoms with Crippen molar-refractivity contribution in [2.75, 3.05) is 6.61 Å². The van der Waals surface area contributed by atoms with Crippen LogP contribution in [0.3, 0.4) is 0 Å². The molecular weight excluding hydrogens is 519 g/mol. The molecule has 9 heteroatoms. The molecule has 0 saturated carbocycles. The lowest BCUT2D eigenvalue weighted by Gasteiger charge is -2.25. The van der Waals surface area contributed by atoms with Gasteiger partial charge in [-0.25, -0.2) is 9.79 Å². The number of allylic oxidation sites excluding steroid dienone is 1. The van der Waals surface area contributed by atoms with Crippen LogP contribution in [0.5, 0.6) is 0 Å². The molecule has 0 saturated heterocycles. The zero-order valence-corrected chi connectivity index (χ0v) is 21.7. The smallest absolute Gasteiger partial charge is 0.338 e. The van der Waals surface area contributed by atoms with Crippen LogP contribution < -0.4 is 14.9 Å². The first-order valence-corrected chi connectivity index (χ1v) is 12.7. The van der Waals surface area contributed by atoms with Crippen LogP contribution in [0.4, 0.5) is 0 Å². The number of hydrogen-bond donors (Lipinski definition) is 0. The Bertz CT molecular complexity index is 1700. The van der Waals surface area contributed by atoms with Crippen LogP contribution in [0.1, 0.15) is 31.2 Å². The van der Waals surface area contributed by atoms with Gasteiger partial charge in [-0.3, -0.25) is 9.36 Å². The lowest BCUT2D eigenvalue weighted by Crippen LogP contribution is -2.40. The van der Waals surface area contributed by atoms with Crippen molar-refractivity contribution in [3.63, 3.8) is 0 Å². The van der Waals surface area contributed by atoms with Crippen LogP contribution in [-0.4, -0.2) is 17.1 Å². The molecule has 4 aromatic rings. The maximum atomic E-state index is 13.7. The third-order valence-electron chi connectivity index (χ3n) is 5.73. The van der Waals surface area contributed by atoms with E-state index in [4.69, 9.17) is 32.4 Å². The average molecular weight is 539 g/mol. The van der Waals surface area contributed by atoms with E-state index in [1.807, 2.05) is 24.3 Å². The molecule has 2 aromatic carbocycles. The highest BCUT2D eigenvalue weighted by Gasteiger charge is 2.34. The summed E-state index contributed by atoms with van der Waals surface area (Å²) in [4.78, 5) is 31.7. The summed E-state index contributed by atoms with van der Waals surface area (Å²) in [6.45, 7) is 3.66. The van der Waals surface area contributed by atoms with Crippen LogP contribution in [0.2, 0.25) is 10.0 Å². The first kappa shape index (κ1) is 24.3. The summed E-state index contributed by atoms with van der Waals surface area (Å²) < 4.78 is 13.2. The molecule has 2 aromatic heterocycles. The molecule has 182 valence electrons. The molecule has 1 atom stereocenters. The number of aromatic nitrogens is 1. The SMILES string of the molecule is CCOC(=O)C1=C(C)N=c2s/c(=C\c3ccc(-c4cccc(Cl)c4)o3)c(=O)n2[C@@H]1c1ccccc1Cl. The van der Waals surface area contributed by atoms with Gasteiger partial charge >= 0.3 is 5.97 Å². The van der Waals surface area contributed by atoms with Crippen molar-refractivity contribution in [2.45, 2.75) is 19.9 Å². The number of benzene rings is 2. The van der Waals surface area contributed by atoms with Crippen molar-refractivity contribution in [2.24, 2.45) is 4.99 Å². The van der Waals surface area contributed by atoms with E-state index >= 15 is 0 Å². The van der Waals surface area contributed by atoms with Crippen molar-refractivity contribution in [3.8, 4) is 11.3 Å². The Morgan fingerprint density at radius 1 is 1.17 bits per heavy atom. The third-order valence-corrected chi connectivity index (χ3v) is 7.29. The Balaban J connectivity index is 1.66. The summed E-state index contributed by atoms with van der Waals surface area (Å²) >= 11 is 13.8. The number of fused-ring (bicyclic) bond motifs is 1. The van der Waals surface area contributed by atoms with E-state index in [-0.39, 0.29) is 17.7 Å². The molecule has 0 unspecified atom stereocenters. The second-order valence-electron chi connectivity index (χ2n) is 8.04. The molecule has 0 aliphatic carbocycles. The highest BCUT2D eigenvalue weighted by atomic mass is 35.5. The number of hydrogen-bond acceptors (Lipinski definition) is 6. The van der Waals surface area contributed by atoms with E-state index in [1.165, 1.54) is 15.9 Å². The van der Waals surface area contributed by atoms with Crippen molar-refractivity contribution >= 4 is 46.6 Å². The minimum Gasteiger partial charge on any atom is -0.463 e. The number of furan rings is 1. The lowest BCUT2D eigenvalue weighted by atomic mass is 9.96. The standard InChI is InChI=1S/C27H20Cl2N2O4S/c1-3-34-26(33)23-15(2)30-27-31(24(23)19-9-4-5-10-20(19)29)25(32)22(36-27)14-18-11-12-21(35-18)16-7-6-8-17(28)13-16/h4-14,24H,3H2,1-2H3/b22-14-/t24-/m1/s1. The highest BCUT2D eigenvalue weighted by Crippen LogP contribution is 2.34. The van der Waals surface area contributed by atoms with Crippen LogP contribution in [-0.2, 0) is 9.53 Å². The average Bonchev–Trinajstić information content (AvgIpc) is 3.43. The molecule has 6 nitrogen and oxygen atoms in total. The number of thiazole rings is 1. The number of carbonyl (C=O) groups excluding carboxylic acids is 1. The van der Waals surface area contributed by atoms with E-state index < -0.39 is 12.0 Å². The number of rotatable bonds is 5. The molecule has 1 aliphatic heterocycles. The third kappa shape index (κ3) is 4.46. The van der Waals surface area contributed by atoms with E-state index in [0.29, 0.717) is 42.2 Å². The monoisotopic (exact) mass is 538 g/mol. The van der Waals surface area contributed by atoms with E-state index in [9.17, 15) is 9.59 Å². The summed E-state index contributed by atoms with van der Waals surface area (Å²) in [5, 5.41) is 1.04. The molecule has 0 radical (unpaired) electrons. The van der Waals surface area contributed by atoms with Gasteiger partial charge in [-0.2, -0.15) is 0 Å². The van der Waals surface area contributed by atoms with Gasteiger partial charge in [-0.15, -0.1) is 0 Å². The molecule has 0 spiro atoms. The Hall–Kier alpha value is -3.39. The summed E-state index contributed by atoms with van der Waals surface area (Å²) in [5.74, 6) is 0.604. The molecule has 5 rings (SSSR count). The van der Waals surface area contributed by atoms with Gasteiger partial charge in [0.15, 0.2) is 4.80 Å². The van der Waals surface area contributed by atoms with E-state index in [0.717, 1.165) is 5.56 Å². The molecule has 0 fully saturated rings. The van der Waals surface area contributed by atoms with Gasteiger partial charge in [-0.05, 0) is 49.7 Å². The maximum Gasteiger partial charge on any atom is 0.338 e. The van der Waals surface area contributed by atoms with Crippen molar-refractivity contribution in [3.05, 3.63) is 113 Å². The van der Waals surface area contributed by atoms with Gasteiger partial charge in [0.25, 0.3) is 5.56 Å². The maximum absolute atomic E-state index is 13.7. The van der Waals surface area contributed by atoms with Gasteiger partial charge in [0.05, 0.1) is 22.4 Å². The second kappa shape index (κ2) is 9.93.